The maximum atomic E-state index is 12.4. The monoisotopic (exact) mass is 360 g/mol. The van der Waals surface area contributed by atoms with Gasteiger partial charge in [-0.05, 0) is 42.5 Å². The van der Waals surface area contributed by atoms with Crippen LogP contribution in [0.4, 0.5) is 10.5 Å². The summed E-state index contributed by atoms with van der Waals surface area (Å²) in [5, 5.41) is 10.5. The van der Waals surface area contributed by atoms with Gasteiger partial charge in [0.05, 0.1) is 16.4 Å². The minimum absolute atomic E-state index is 0.0210. The van der Waals surface area contributed by atoms with Crippen molar-refractivity contribution in [3.05, 3.63) is 66.7 Å². The van der Waals surface area contributed by atoms with Gasteiger partial charge in [0.15, 0.2) is 0 Å². The fraction of sp³-hybridized carbons (Fsp3) is 0.125. The van der Waals surface area contributed by atoms with Crippen molar-refractivity contribution in [2.24, 2.45) is 0 Å². The van der Waals surface area contributed by atoms with Gasteiger partial charge in [-0.25, -0.2) is 0 Å². The van der Waals surface area contributed by atoms with Crippen LogP contribution < -0.4 is 0 Å². The van der Waals surface area contributed by atoms with Crippen LogP contribution in [0.25, 0.3) is 6.08 Å². The summed E-state index contributed by atoms with van der Waals surface area (Å²) < 4.78 is 0. The molecular formula is C16H12N2O4S2. The Morgan fingerprint density at radius 2 is 2.04 bits per heavy atom. The minimum atomic E-state index is -0.504. The second kappa shape index (κ2) is 6.58. The van der Waals surface area contributed by atoms with Crippen LogP contribution in [0.2, 0.25) is 0 Å². The molecule has 3 rings (SSSR count). The number of carbonyl (C=O) groups is 2. The van der Waals surface area contributed by atoms with Crippen LogP contribution in [0.1, 0.15) is 15.3 Å². The highest BCUT2D eigenvalue weighted by Crippen LogP contribution is 2.34. The molecule has 0 unspecified atom stereocenters. The van der Waals surface area contributed by atoms with Gasteiger partial charge in [-0.1, -0.05) is 12.1 Å². The summed E-state index contributed by atoms with van der Waals surface area (Å²) in [4.78, 5) is 38.4. The standard InChI is InChI=1S/C16H12N2O4S2/c1-10-5-6-13(23-10)8-14-15(19)17(16(20)24-14)9-11-3-2-4-12(7-11)18(21)22/h2-8H,9H2,1H3/b14-8+. The van der Waals surface area contributed by atoms with E-state index in [1.54, 1.807) is 23.5 Å². The zero-order chi connectivity index (χ0) is 17.3. The number of carbonyl (C=O) groups excluding carboxylic acids is 2. The van der Waals surface area contributed by atoms with Crippen LogP contribution >= 0.6 is 23.1 Å². The molecule has 0 bridgehead atoms. The van der Waals surface area contributed by atoms with E-state index in [1.807, 2.05) is 19.1 Å². The second-order valence-corrected chi connectivity index (χ2v) is 7.46. The lowest BCUT2D eigenvalue weighted by Gasteiger charge is -2.12. The van der Waals surface area contributed by atoms with E-state index in [4.69, 9.17) is 0 Å². The molecule has 6 nitrogen and oxygen atoms in total. The quantitative estimate of drug-likeness (QED) is 0.464. The molecule has 1 aromatic heterocycles. The summed E-state index contributed by atoms with van der Waals surface area (Å²) in [6.45, 7) is 1.99. The van der Waals surface area contributed by atoms with Crippen molar-refractivity contribution in [3.8, 4) is 0 Å². The van der Waals surface area contributed by atoms with Gasteiger partial charge >= 0.3 is 0 Å². The third kappa shape index (κ3) is 3.39. The van der Waals surface area contributed by atoms with Crippen LogP contribution in [0.3, 0.4) is 0 Å². The zero-order valence-corrected chi connectivity index (χ0v) is 14.2. The number of hydrogen-bond donors (Lipinski definition) is 0. The van der Waals surface area contributed by atoms with Gasteiger partial charge in [0.1, 0.15) is 0 Å². The first-order chi connectivity index (χ1) is 11.4. The number of thioether (sulfide) groups is 1. The van der Waals surface area contributed by atoms with E-state index in [-0.39, 0.29) is 23.4 Å². The Kier molecular flexibility index (Phi) is 4.50. The molecule has 1 fully saturated rings. The maximum absolute atomic E-state index is 12.4. The highest BCUT2D eigenvalue weighted by Gasteiger charge is 2.35. The third-order valence-electron chi connectivity index (χ3n) is 3.37. The Morgan fingerprint density at radius 1 is 1.25 bits per heavy atom. The molecular weight excluding hydrogens is 348 g/mol. The molecule has 1 saturated heterocycles. The fourth-order valence-corrected chi connectivity index (χ4v) is 3.97. The van der Waals surface area contributed by atoms with Gasteiger partial charge in [-0.2, -0.15) is 0 Å². The number of nitrogens with zero attached hydrogens (tertiary/aromatic N) is 2. The largest absolute Gasteiger partial charge is 0.293 e. The Labute approximate surface area is 145 Å². The van der Waals surface area contributed by atoms with Gasteiger partial charge in [-0.3, -0.25) is 24.6 Å². The molecule has 8 heteroatoms. The Morgan fingerprint density at radius 3 is 2.71 bits per heavy atom. The summed E-state index contributed by atoms with van der Waals surface area (Å²) in [6, 6.07) is 9.78. The van der Waals surface area contributed by atoms with E-state index in [9.17, 15) is 19.7 Å². The number of thiophene rings is 1. The maximum Gasteiger partial charge on any atom is 0.293 e. The van der Waals surface area contributed by atoms with Crippen molar-refractivity contribution >= 4 is 46.0 Å². The van der Waals surface area contributed by atoms with Crippen LogP contribution in [-0.2, 0) is 11.3 Å². The van der Waals surface area contributed by atoms with Crippen molar-refractivity contribution in [3.63, 3.8) is 0 Å². The zero-order valence-electron chi connectivity index (χ0n) is 12.6. The van der Waals surface area contributed by atoms with Crippen LogP contribution in [-0.4, -0.2) is 21.0 Å². The smallest absolute Gasteiger partial charge is 0.268 e. The first-order valence-electron chi connectivity index (χ1n) is 6.99. The van der Waals surface area contributed by atoms with E-state index in [0.717, 1.165) is 26.4 Å². The highest BCUT2D eigenvalue weighted by atomic mass is 32.2. The summed E-state index contributed by atoms with van der Waals surface area (Å²) >= 11 is 2.43. The normalized spacial score (nSPS) is 16.2. The summed E-state index contributed by atoms with van der Waals surface area (Å²) in [5.74, 6) is -0.373. The Bertz CT molecular complexity index is 872. The van der Waals surface area contributed by atoms with Crippen LogP contribution in [0.15, 0.2) is 41.3 Å². The van der Waals surface area contributed by atoms with Gasteiger partial charge in [0.2, 0.25) is 0 Å². The topological polar surface area (TPSA) is 80.5 Å². The van der Waals surface area contributed by atoms with Crippen molar-refractivity contribution in [1.82, 2.24) is 4.90 Å². The molecule has 0 radical (unpaired) electrons. The number of nitro groups is 1. The van der Waals surface area contributed by atoms with Crippen molar-refractivity contribution in [2.75, 3.05) is 0 Å². The Balaban J connectivity index is 1.81. The van der Waals surface area contributed by atoms with Crippen molar-refractivity contribution in [1.29, 1.82) is 0 Å². The molecule has 2 aromatic rings. The molecule has 1 aliphatic rings. The molecule has 0 aliphatic carbocycles. The first kappa shape index (κ1) is 16.4. The third-order valence-corrected chi connectivity index (χ3v) is 5.23. The predicted octanol–water partition coefficient (Wildman–Crippen LogP) is 4.20. The fourth-order valence-electron chi connectivity index (χ4n) is 2.25. The van der Waals surface area contributed by atoms with E-state index in [1.165, 1.54) is 18.2 Å². The first-order valence-corrected chi connectivity index (χ1v) is 8.62. The summed E-state index contributed by atoms with van der Waals surface area (Å²) in [7, 11) is 0. The van der Waals surface area contributed by atoms with E-state index in [0.29, 0.717) is 10.5 Å². The second-order valence-electron chi connectivity index (χ2n) is 5.14. The van der Waals surface area contributed by atoms with Crippen molar-refractivity contribution < 1.29 is 14.5 Å². The minimum Gasteiger partial charge on any atom is -0.268 e. The molecule has 1 aromatic carbocycles. The molecule has 2 amide bonds. The lowest BCUT2D eigenvalue weighted by Crippen LogP contribution is -2.27. The number of non-ortho nitro benzene ring substituents is 1. The highest BCUT2D eigenvalue weighted by molar-refractivity contribution is 8.18. The van der Waals surface area contributed by atoms with Gasteiger partial charge in [-0.15, -0.1) is 11.3 Å². The van der Waals surface area contributed by atoms with Crippen LogP contribution in [0, 0.1) is 17.0 Å². The summed E-state index contributed by atoms with van der Waals surface area (Å²) in [6.07, 6.45) is 1.70. The molecule has 1 aliphatic heterocycles. The molecule has 122 valence electrons. The summed E-state index contributed by atoms with van der Waals surface area (Å²) in [5.41, 5.74) is 0.476. The van der Waals surface area contributed by atoms with Gasteiger partial charge in [0, 0.05) is 21.9 Å². The number of hydrogen-bond acceptors (Lipinski definition) is 6. The molecule has 24 heavy (non-hydrogen) atoms. The van der Waals surface area contributed by atoms with Crippen molar-refractivity contribution in [2.45, 2.75) is 13.5 Å². The van der Waals surface area contributed by atoms with Gasteiger partial charge < -0.3 is 0 Å². The number of imide groups is 1. The molecule has 0 atom stereocenters. The van der Waals surface area contributed by atoms with Gasteiger partial charge in [0.25, 0.3) is 16.8 Å². The van der Waals surface area contributed by atoms with E-state index >= 15 is 0 Å². The van der Waals surface area contributed by atoms with Crippen LogP contribution in [0.5, 0.6) is 0 Å². The molecule has 0 saturated carbocycles. The number of benzene rings is 1. The lowest BCUT2D eigenvalue weighted by atomic mass is 10.2. The lowest BCUT2D eigenvalue weighted by molar-refractivity contribution is -0.384. The molecule has 0 spiro atoms. The Hall–Kier alpha value is -2.45. The average molecular weight is 360 g/mol. The SMILES string of the molecule is Cc1ccc(/C=C2/SC(=O)N(Cc3cccc([N+](=O)[O-])c3)C2=O)s1. The predicted molar refractivity (Wildman–Crippen MR) is 93.7 cm³/mol. The number of aryl methyl sites for hydroxylation is 1. The van der Waals surface area contributed by atoms with E-state index < -0.39 is 4.92 Å². The molecule has 2 heterocycles. The number of amides is 2. The number of rotatable bonds is 4. The number of nitro benzene ring substituents is 1. The average Bonchev–Trinajstić information content (AvgIpc) is 3.06. The van der Waals surface area contributed by atoms with E-state index in [2.05, 4.69) is 0 Å². The molecule has 0 N–H and O–H groups in total.